The number of hydrogen-bond acceptors (Lipinski definition) is 9. The number of benzene rings is 1. The molecule has 5 rings (SSSR count). The van der Waals surface area contributed by atoms with Crippen LogP contribution in [0.5, 0.6) is 5.75 Å². The van der Waals surface area contributed by atoms with Gasteiger partial charge in [-0.05, 0) is 25.0 Å². The van der Waals surface area contributed by atoms with Gasteiger partial charge in [0.1, 0.15) is 22.3 Å². The Kier molecular flexibility index (Phi) is 7.03. The van der Waals surface area contributed by atoms with E-state index in [1.165, 1.54) is 21.5 Å². The molecule has 11 nitrogen and oxygen atoms in total. The lowest BCUT2D eigenvalue weighted by Crippen LogP contribution is -2.79. The van der Waals surface area contributed by atoms with Crippen LogP contribution in [0.4, 0.5) is 8.78 Å². The zero-order valence-electron chi connectivity index (χ0n) is 21.1. The van der Waals surface area contributed by atoms with Crippen LogP contribution < -0.4 is 10.7 Å². The number of piperidine rings is 1. The summed E-state index contributed by atoms with van der Waals surface area (Å²) in [5, 5.41) is 22.5. The second-order valence-corrected chi connectivity index (χ2v) is 12.6. The van der Waals surface area contributed by atoms with Gasteiger partial charge >= 0.3 is 0 Å². The molecule has 2 aromatic heterocycles. The van der Waals surface area contributed by atoms with Gasteiger partial charge in [-0.2, -0.15) is 0 Å². The molecule has 4 heterocycles. The first-order valence-corrected chi connectivity index (χ1v) is 14.8. The molecule has 0 aliphatic carbocycles. The minimum Gasteiger partial charge on any atom is -0.503 e. The lowest BCUT2D eigenvalue weighted by Gasteiger charge is -2.60. The zero-order chi connectivity index (χ0) is 28.1. The maximum atomic E-state index is 14.0. The van der Waals surface area contributed by atoms with Crippen molar-refractivity contribution in [3.8, 4) is 16.3 Å². The van der Waals surface area contributed by atoms with Crippen LogP contribution in [-0.4, -0.2) is 81.9 Å². The topological polar surface area (TPSA) is 149 Å². The lowest BCUT2D eigenvalue weighted by atomic mass is 9.77. The van der Waals surface area contributed by atoms with E-state index in [4.69, 9.17) is 0 Å². The summed E-state index contributed by atoms with van der Waals surface area (Å²) in [6.45, 7) is 3.04. The summed E-state index contributed by atoms with van der Waals surface area (Å²) in [6.07, 6.45) is 2.81. The van der Waals surface area contributed by atoms with Gasteiger partial charge in [0, 0.05) is 50.8 Å². The van der Waals surface area contributed by atoms with Crippen molar-refractivity contribution in [3.05, 3.63) is 62.5 Å². The largest absolute Gasteiger partial charge is 0.503 e. The average molecular weight is 581 g/mol. The first kappa shape index (κ1) is 27.3. The molecule has 2 aliphatic rings. The van der Waals surface area contributed by atoms with E-state index in [0.29, 0.717) is 18.0 Å². The van der Waals surface area contributed by atoms with Crippen molar-refractivity contribution < 1.29 is 27.1 Å². The van der Waals surface area contributed by atoms with Crippen molar-refractivity contribution in [2.75, 3.05) is 32.4 Å². The molecular formula is C24H26F2N6O5S2. The number of carbonyl (C=O) groups is 1. The molecule has 1 amide bonds. The normalized spacial score (nSPS) is 21.3. The Balaban J connectivity index is 1.38. The van der Waals surface area contributed by atoms with Crippen LogP contribution in [0.3, 0.4) is 0 Å². The molecule has 2 unspecified atom stereocenters. The Morgan fingerprint density at radius 3 is 2.72 bits per heavy atom. The maximum Gasteiger partial charge on any atom is 0.275 e. The number of sulfonamides is 1. The second kappa shape index (κ2) is 10.0. The number of amides is 1. The van der Waals surface area contributed by atoms with Crippen molar-refractivity contribution in [3.63, 3.8) is 0 Å². The number of aromatic amines is 1. The number of aromatic nitrogens is 3. The Hall–Kier alpha value is -3.27. The highest BCUT2D eigenvalue weighted by atomic mass is 32.2. The van der Waals surface area contributed by atoms with Gasteiger partial charge < -0.3 is 15.0 Å². The first-order chi connectivity index (χ1) is 18.4. The van der Waals surface area contributed by atoms with Crippen LogP contribution in [0.15, 0.2) is 29.2 Å². The number of rotatable bonds is 7. The molecule has 3 aromatic rings. The van der Waals surface area contributed by atoms with Crippen LogP contribution in [0, 0.1) is 17.6 Å². The fourth-order valence-electron chi connectivity index (χ4n) is 5.22. The summed E-state index contributed by atoms with van der Waals surface area (Å²) >= 11 is 1.00. The summed E-state index contributed by atoms with van der Waals surface area (Å²) in [6, 6.07) is 3.20. The minimum absolute atomic E-state index is 0.0188. The standard InChI is InChI=1S/C24H26F2N6O5S2/c1-3-32(24-6-7-31(39(2,36)37)12-14(24)10-28-24)23(35)19-21(34)20(33)16(11-27-19)22-30-29-18(38-22)8-13-4-5-15(25)9-17(13)26/h4-5,9,11,14,28,34H,3,6-8,10,12H2,1-2H3,(H,27,33). The highest BCUT2D eigenvalue weighted by molar-refractivity contribution is 7.88. The molecule has 3 N–H and O–H groups in total. The zero-order valence-corrected chi connectivity index (χ0v) is 22.7. The smallest absolute Gasteiger partial charge is 0.275 e. The van der Waals surface area contributed by atoms with Gasteiger partial charge in [-0.3, -0.25) is 14.9 Å². The molecule has 39 heavy (non-hydrogen) atoms. The number of hydrogen-bond donors (Lipinski definition) is 3. The number of nitrogens with one attached hydrogen (secondary N) is 2. The number of nitrogens with zero attached hydrogens (tertiary/aromatic N) is 4. The summed E-state index contributed by atoms with van der Waals surface area (Å²) in [4.78, 5) is 30.9. The molecule has 0 saturated carbocycles. The molecule has 2 saturated heterocycles. The number of halogens is 2. The second-order valence-electron chi connectivity index (χ2n) is 9.59. The molecule has 1 aromatic carbocycles. The molecule has 0 bridgehead atoms. The third kappa shape index (κ3) is 4.83. The predicted octanol–water partition coefficient (Wildman–Crippen LogP) is 1.51. The van der Waals surface area contributed by atoms with Crippen LogP contribution >= 0.6 is 11.3 Å². The monoisotopic (exact) mass is 580 g/mol. The van der Waals surface area contributed by atoms with E-state index in [-0.39, 0.29) is 53.8 Å². The lowest BCUT2D eigenvalue weighted by molar-refractivity contribution is -0.0753. The summed E-state index contributed by atoms with van der Waals surface area (Å²) in [5.41, 5.74) is -1.73. The van der Waals surface area contributed by atoms with Crippen LogP contribution in [0.25, 0.3) is 10.6 Å². The maximum absolute atomic E-state index is 14.0. The molecule has 2 atom stereocenters. The van der Waals surface area contributed by atoms with Crippen LogP contribution in [0.2, 0.25) is 0 Å². The van der Waals surface area contributed by atoms with Gasteiger partial charge in [-0.25, -0.2) is 21.5 Å². The summed E-state index contributed by atoms with van der Waals surface area (Å²) in [7, 11) is -3.37. The van der Waals surface area contributed by atoms with E-state index < -0.39 is 44.4 Å². The first-order valence-electron chi connectivity index (χ1n) is 12.2. The number of aromatic hydroxyl groups is 1. The molecule has 208 valence electrons. The van der Waals surface area contributed by atoms with Crippen molar-refractivity contribution in [2.24, 2.45) is 5.92 Å². The Morgan fingerprint density at radius 2 is 2.10 bits per heavy atom. The molecule has 0 spiro atoms. The third-order valence-corrected chi connectivity index (χ3v) is 9.56. The summed E-state index contributed by atoms with van der Waals surface area (Å²) < 4.78 is 52.6. The van der Waals surface area contributed by atoms with Crippen molar-refractivity contribution in [1.82, 2.24) is 29.7 Å². The Labute approximate surface area is 226 Å². The van der Waals surface area contributed by atoms with Crippen LogP contribution in [-0.2, 0) is 16.4 Å². The number of fused-ring (bicyclic) bond motifs is 1. The van der Waals surface area contributed by atoms with Gasteiger partial charge in [0.05, 0.1) is 11.8 Å². The molecule has 0 radical (unpaired) electrons. The summed E-state index contributed by atoms with van der Waals surface area (Å²) in [5.74, 6) is -2.96. The third-order valence-electron chi connectivity index (χ3n) is 7.33. The number of pyridine rings is 1. The van der Waals surface area contributed by atoms with E-state index in [1.54, 1.807) is 6.92 Å². The van der Waals surface area contributed by atoms with Gasteiger partial charge in [0.25, 0.3) is 5.91 Å². The molecule has 2 fully saturated rings. The fourth-order valence-corrected chi connectivity index (χ4v) is 6.97. The van der Waals surface area contributed by atoms with E-state index >= 15 is 0 Å². The average Bonchev–Trinajstić information content (AvgIpc) is 3.32. The van der Waals surface area contributed by atoms with Crippen molar-refractivity contribution >= 4 is 27.3 Å². The van der Waals surface area contributed by atoms with Crippen molar-refractivity contribution in [2.45, 2.75) is 25.4 Å². The van der Waals surface area contributed by atoms with Gasteiger partial charge in [0.15, 0.2) is 16.5 Å². The SMILES string of the molecule is CCN(C(=O)c1[nH]cc(-c2nnc(Cc3ccc(F)cc3F)s2)c(=O)c1O)C12CCN(S(C)(=O)=O)CC1CN2. The van der Waals surface area contributed by atoms with Gasteiger partial charge in [-0.15, -0.1) is 10.2 Å². The number of carbonyl (C=O) groups excluding carboxylic acids is 1. The Bertz CT molecular complexity index is 1610. The fraction of sp³-hybridized carbons (Fsp3) is 0.417. The van der Waals surface area contributed by atoms with E-state index in [9.17, 15) is 31.9 Å². The highest BCUT2D eigenvalue weighted by Gasteiger charge is 2.56. The van der Waals surface area contributed by atoms with Gasteiger partial charge in [0.2, 0.25) is 15.5 Å². The van der Waals surface area contributed by atoms with E-state index in [2.05, 4.69) is 20.5 Å². The van der Waals surface area contributed by atoms with Gasteiger partial charge in [-0.1, -0.05) is 17.4 Å². The molecule has 2 aliphatic heterocycles. The Morgan fingerprint density at radius 1 is 1.33 bits per heavy atom. The molecular weight excluding hydrogens is 554 g/mol. The molecule has 15 heteroatoms. The predicted molar refractivity (Wildman–Crippen MR) is 139 cm³/mol. The van der Waals surface area contributed by atoms with Crippen molar-refractivity contribution in [1.29, 1.82) is 0 Å². The van der Waals surface area contributed by atoms with E-state index in [1.807, 2.05) is 0 Å². The van der Waals surface area contributed by atoms with Crippen LogP contribution in [0.1, 0.15) is 34.4 Å². The minimum atomic E-state index is -3.37. The quantitative estimate of drug-likeness (QED) is 0.381. The highest BCUT2D eigenvalue weighted by Crippen LogP contribution is 2.39. The number of H-pyrrole nitrogens is 1. The van der Waals surface area contributed by atoms with E-state index in [0.717, 1.165) is 29.7 Å².